The molecule has 0 bridgehead atoms. The molecule has 0 unspecified atom stereocenters. The van der Waals surface area contributed by atoms with E-state index in [-0.39, 0.29) is 17.7 Å². The van der Waals surface area contributed by atoms with E-state index in [1.807, 2.05) is 13.8 Å². The fourth-order valence-electron chi connectivity index (χ4n) is 2.03. The van der Waals surface area contributed by atoms with E-state index in [1.54, 1.807) is 0 Å². The van der Waals surface area contributed by atoms with Crippen molar-refractivity contribution < 1.29 is 23.2 Å². The molecule has 5 nitrogen and oxygen atoms in total. The molecule has 0 aromatic carbocycles. The minimum atomic E-state index is -3.37. The highest BCUT2D eigenvalue weighted by molar-refractivity contribution is 7.54. The fourth-order valence-corrected chi connectivity index (χ4v) is 3.09. The summed E-state index contributed by atoms with van der Waals surface area (Å²) in [5.41, 5.74) is -0.901. The van der Waals surface area contributed by atoms with Crippen molar-refractivity contribution in [2.24, 2.45) is 11.3 Å². The maximum Gasteiger partial charge on any atom is 0.337 e. The third-order valence-electron chi connectivity index (χ3n) is 3.66. The summed E-state index contributed by atoms with van der Waals surface area (Å²) in [6, 6.07) is 0. The molecule has 19 heavy (non-hydrogen) atoms. The van der Waals surface area contributed by atoms with Crippen molar-refractivity contribution in [2.75, 3.05) is 20.4 Å². The lowest BCUT2D eigenvalue weighted by Gasteiger charge is -2.17. The van der Waals surface area contributed by atoms with Gasteiger partial charge in [-0.1, -0.05) is 13.8 Å². The van der Waals surface area contributed by atoms with Crippen molar-refractivity contribution >= 4 is 19.2 Å². The average molecular weight is 290 g/mol. The second-order valence-corrected chi connectivity index (χ2v) is 7.76. The molecule has 0 atom stereocenters. The molecule has 1 aliphatic carbocycles. The van der Waals surface area contributed by atoms with Crippen LogP contribution < -0.4 is 0 Å². The molecule has 0 amide bonds. The van der Waals surface area contributed by atoms with Gasteiger partial charge in [-0.2, -0.15) is 0 Å². The number of hydrogen-bond donors (Lipinski definition) is 0. The maximum absolute atomic E-state index is 12.2. The molecule has 0 heterocycles. The second kappa shape index (κ2) is 6.29. The van der Waals surface area contributed by atoms with E-state index in [1.165, 1.54) is 14.2 Å². The molecule has 0 aliphatic heterocycles. The highest BCUT2D eigenvalue weighted by atomic mass is 31.2. The Kier molecular flexibility index (Phi) is 5.48. The van der Waals surface area contributed by atoms with Crippen molar-refractivity contribution in [3.05, 3.63) is 0 Å². The second-order valence-electron chi connectivity index (χ2n) is 5.50. The van der Waals surface area contributed by atoms with Gasteiger partial charge >= 0.3 is 7.60 Å². The van der Waals surface area contributed by atoms with Crippen LogP contribution in [-0.2, 0) is 23.2 Å². The van der Waals surface area contributed by atoms with Gasteiger partial charge in [0.1, 0.15) is 11.9 Å². The molecule has 1 saturated carbocycles. The summed E-state index contributed by atoms with van der Waals surface area (Å²) in [6.45, 7) is 4.08. The van der Waals surface area contributed by atoms with Gasteiger partial charge in [0.2, 0.25) is 0 Å². The molecular formula is C13H23O5P. The standard InChI is InChI=1S/C13H23O5P/c1-10(2)5-6-11(14)13(7-8-13)12(15)9-19(16,17-3)18-4/h10H,5-9H2,1-4H3. The Morgan fingerprint density at radius 2 is 1.68 bits per heavy atom. The molecule has 0 saturated heterocycles. The van der Waals surface area contributed by atoms with Crippen molar-refractivity contribution in [1.82, 2.24) is 0 Å². The van der Waals surface area contributed by atoms with E-state index in [9.17, 15) is 14.2 Å². The predicted molar refractivity (Wildman–Crippen MR) is 72.2 cm³/mol. The lowest BCUT2D eigenvalue weighted by Crippen LogP contribution is -2.29. The van der Waals surface area contributed by atoms with Crippen LogP contribution in [0.2, 0.25) is 0 Å². The molecule has 0 N–H and O–H groups in total. The van der Waals surface area contributed by atoms with Crippen LogP contribution in [0.15, 0.2) is 0 Å². The summed E-state index contributed by atoms with van der Waals surface area (Å²) in [5.74, 6) is 0.108. The number of rotatable bonds is 9. The Bertz CT molecular complexity index is 390. The average Bonchev–Trinajstić information content (AvgIpc) is 3.17. The Labute approximate surface area is 114 Å². The molecule has 0 aromatic rings. The zero-order valence-corrected chi connectivity index (χ0v) is 13.0. The summed E-state index contributed by atoms with van der Waals surface area (Å²) >= 11 is 0. The molecule has 6 heteroatoms. The van der Waals surface area contributed by atoms with Gasteiger partial charge in [0.25, 0.3) is 0 Å². The van der Waals surface area contributed by atoms with Gasteiger partial charge in [-0.15, -0.1) is 0 Å². The summed E-state index contributed by atoms with van der Waals surface area (Å²) in [6.07, 6.45) is 2.01. The van der Waals surface area contributed by atoms with Gasteiger partial charge in [-0.05, 0) is 25.2 Å². The van der Waals surface area contributed by atoms with Gasteiger partial charge in [0, 0.05) is 20.6 Å². The molecule has 0 aromatic heterocycles. The van der Waals surface area contributed by atoms with E-state index in [2.05, 4.69) is 0 Å². The van der Waals surface area contributed by atoms with Gasteiger partial charge in [0.15, 0.2) is 5.78 Å². The van der Waals surface area contributed by atoms with Crippen LogP contribution >= 0.6 is 7.60 Å². The van der Waals surface area contributed by atoms with Crippen molar-refractivity contribution in [3.8, 4) is 0 Å². The Morgan fingerprint density at radius 3 is 2.05 bits per heavy atom. The molecule has 1 rings (SSSR count). The zero-order valence-electron chi connectivity index (χ0n) is 12.1. The van der Waals surface area contributed by atoms with E-state index < -0.39 is 13.0 Å². The largest absolute Gasteiger partial charge is 0.337 e. The quantitative estimate of drug-likeness (QED) is 0.482. The van der Waals surface area contributed by atoms with Gasteiger partial charge in [0.05, 0.1) is 5.41 Å². The third-order valence-corrected chi connectivity index (χ3v) is 5.45. The lowest BCUT2D eigenvalue weighted by atomic mass is 9.91. The van der Waals surface area contributed by atoms with Crippen LogP contribution in [0.25, 0.3) is 0 Å². The summed E-state index contributed by atoms with van der Waals surface area (Å²) in [7, 11) is -0.878. The van der Waals surface area contributed by atoms with Gasteiger partial charge in [-0.3, -0.25) is 14.2 Å². The maximum atomic E-state index is 12.2. The van der Waals surface area contributed by atoms with Crippen LogP contribution in [0.1, 0.15) is 39.5 Å². The monoisotopic (exact) mass is 290 g/mol. The van der Waals surface area contributed by atoms with E-state index in [0.29, 0.717) is 25.2 Å². The fraction of sp³-hybridized carbons (Fsp3) is 0.846. The SMILES string of the molecule is COP(=O)(CC(=O)C1(C(=O)CCC(C)C)CC1)OC. The van der Waals surface area contributed by atoms with Crippen molar-refractivity contribution in [1.29, 1.82) is 0 Å². The van der Waals surface area contributed by atoms with E-state index in [0.717, 1.165) is 6.42 Å². The first-order valence-electron chi connectivity index (χ1n) is 6.57. The molecule has 1 fully saturated rings. The van der Waals surface area contributed by atoms with Crippen LogP contribution in [0, 0.1) is 11.3 Å². The zero-order chi connectivity index (χ0) is 14.7. The topological polar surface area (TPSA) is 69.7 Å². The number of carbonyl (C=O) groups is 2. The summed E-state index contributed by atoms with van der Waals surface area (Å²) in [5, 5.41) is 0. The van der Waals surface area contributed by atoms with Crippen molar-refractivity contribution in [3.63, 3.8) is 0 Å². The van der Waals surface area contributed by atoms with Crippen molar-refractivity contribution in [2.45, 2.75) is 39.5 Å². The first kappa shape index (κ1) is 16.5. The third kappa shape index (κ3) is 3.98. The van der Waals surface area contributed by atoms with E-state index >= 15 is 0 Å². The van der Waals surface area contributed by atoms with Crippen LogP contribution in [0.4, 0.5) is 0 Å². The Morgan fingerprint density at radius 1 is 1.16 bits per heavy atom. The first-order chi connectivity index (χ1) is 8.79. The number of ketones is 2. The minimum absolute atomic E-state index is 0.0232. The molecule has 1 aliphatic rings. The molecule has 0 radical (unpaired) electrons. The number of Topliss-reactive ketones (excluding diaryl/α,β-unsaturated/α-hetero) is 2. The lowest BCUT2D eigenvalue weighted by molar-refractivity contribution is -0.133. The smallest absolute Gasteiger partial charge is 0.312 e. The summed E-state index contributed by atoms with van der Waals surface area (Å²) < 4.78 is 21.5. The molecular weight excluding hydrogens is 267 g/mol. The highest BCUT2D eigenvalue weighted by Crippen LogP contribution is 2.54. The highest BCUT2D eigenvalue weighted by Gasteiger charge is 2.56. The van der Waals surface area contributed by atoms with Gasteiger partial charge < -0.3 is 9.05 Å². The van der Waals surface area contributed by atoms with Crippen LogP contribution in [0.5, 0.6) is 0 Å². The minimum Gasteiger partial charge on any atom is -0.312 e. The molecule has 110 valence electrons. The first-order valence-corrected chi connectivity index (χ1v) is 8.29. The number of carbonyl (C=O) groups excluding carboxylic acids is 2. The van der Waals surface area contributed by atoms with Crippen LogP contribution in [0.3, 0.4) is 0 Å². The Hall–Kier alpha value is -0.510. The number of hydrogen-bond acceptors (Lipinski definition) is 5. The van der Waals surface area contributed by atoms with Crippen LogP contribution in [-0.4, -0.2) is 31.9 Å². The predicted octanol–water partition coefficient (Wildman–Crippen LogP) is 2.83. The van der Waals surface area contributed by atoms with Gasteiger partial charge in [-0.25, -0.2) is 0 Å². The molecule has 0 spiro atoms. The normalized spacial score (nSPS) is 17.5. The summed E-state index contributed by atoms with van der Waals surface area (Å²) in [4.78, 5) is 24.3. The Balaban J connectivity index is 2.65. The van der Waals surface area contributed by atoms with E-state index in [4.69, 9.17) is 9.05 Å².